The van der Waals surface area contributed by atoms with Gasteiger partial charge >= 0.3 is 0 Å². The van der Waals surface area contributed by atoms with Crippen molar-refractivity contribution in [2.24, 2.45) is 5.92 Å². The number of hydrogen-bond acceptors (Lipinski definition) is 4. The molecule has 0 bridgehead atoms. The van der Waals surface area contributed by atoms with Crippen molar-refractivity contribution in [1.82, 2.24) is 10.3 Å². The first-order valence-corrected chi connectivity index (χ1v) is 7.33. The second-order valence-electron chi connectivity index (χ2n) is 5.53. The minimum Gasteiger partial charge on any atom is -0.374 e. The molecule has 112 valence electrons. The molecule has 0 amide bonds. The fraction of sp³-hybridized carbons (Fsp3) is 0.353. The molecule has 1 atom stereocenters. The summed E-state index contributed by atoms with van der Waals surface area (Å²) >= 11 is 0. The van der Waals surface area contributed by atoms with Crippen molar-refractivity contribution in [3.8, 4) is 0 Å². The molecule has 0 saturated carbocycles. The molecule has 1 aromatic carbocycles. The third-order valence-corrected chi connectivity index (χ3v) is 3.24. The molecule has 0 fully saturated rings. The molecule has 3 N–H and O–H groups in total. The molecule has 21 heavy (non-hydrogen) atoms. The van der Waals surface area contributed by atoms with Crippen LogP contribution < -0.4 is 10.6 Å². The Hall–Kier alpha value is -1.91. The molecule has 4 nitrogen and oxygen atoms in total. The zero-order valence-corrected chi connectivity index (χ0v) is 12.6. The molecule has 0 aliphatic heterocycles. The van der Waals surface area contributed by atoms with E-state index in [9.17, 15) is 5.11 Å². The number of aromatic nitrogens is 1. The first-order valence-electron chi connectivity index (χ1n) is 7.33. The summed E-state index contributed by atoms with van der Waals surface area (Å²) in [5.41, 5.74) is 2.79. The maximum atomic E-state index is 10.1. The highest BCUT2D eigenvalue weighted by molar-refractivity contribution is 5.58. The predicted octanol–water partition coefficient (Wildman–Crippen LogP) is 3.45. The summed E-state index contributed by atoms with van der Waals surface area (Å²) in [6.45, 7) is 5.16. The summed E-state index contributed by atoms with van der Waals surface area (Å²) in [6, 6.07) is 11.6. The van der Waals surface area contributed by atoms with Crippen LogP contribution in [-0.2, 0) is 0 Å². The average molecular weight is 285 g/mol. The van der Waals surface area contributed by atoms with Gasteiger partial charge in [-0.15, -0.1) is 0 Å². The number of aliphatic hydroxyl groups excluding tert-OH is 1. The molecule has 1 unspecified atom stereocenters. The van der Waals surface area contributed by atoms with Crippen LogP contribution in [-0.4, -0.2) is 16.6 Å². The van der Waals surface area contributed by atoms with Crippen LogP contribution in [0.15, 0.2) is 48.8 Å². The molecule has 1 heterocycles. The number of anilines is 2. The first-order chi connectivity index (χ1) is 10.1. The second kappa shape index (κ2) is 7.76. The summed E-state index contributed by atoms with van der Waals surface area (Å²) in [4.78, 5) is 4.06. The zero-order chi connectivity index (χ0) is 15.1. The smallest absolute Gasteiger partial charge is 0.131 e. The van der Waals surface area contributed by atoms with Crippen molar-refractivity contribution in [2.45, 2.75) is 26.5 Å². The highest BCUT2D eigenvalue weighted by atomic mass is 16.3. The van der Waals surface area contributed by atoms with Crippen LogP contribution in [0.1, 0.15) is 32.1 Å². The quantitative estimate of drug-likeness (QED) is 0.682. The predicted molar refractivity (Wildman–Crippen MR) is 86.4 cm³/mol. The van der Waals surface area contributed by atoms with E-state index in [4.69, 9.17) is 0 Å². The summed E-state index contributed by atoms with van der Waals surface area (Å²) in [6.07, 6.45) is 3.96. The lowest BCUT2D eigenvalue weighted by Crippen LogP contribution is -2.22. The average Bonchev–Trinajstić information content (AvgIpc) is 2.48. The molecule has 1 aromatic heterocycles. The topological polar surface area (TPSA) is 57.2 Å². The van der Waals surface area contributed by atoms with Crippen molar-refractivity contribution in [3.63, 3.8) is 0 Å². The molecule has 0 spiro atoms. The van der Waals surface area contributed by atoms with E-state index in [1.165, 1.54) is 0 Å². The van der Waals surface area contributed by atoms with Crippen molar-refractivity contribution < 1.29 is 5.11 Å². The minimum absolute atomic E-state index is 0.615. The van der Waals surface area contributed by atoms with Crippen molar-refractivity contribution in [2.75, 3.05) is 11.9 Å². The number of nitrogens with one attached hydrogen (secondary N) is 2. The third-order valence-electron chi connectivity index (χ3n) is 3.24. The van der Waals surface area contributed by atoms with Crippen LogP contribution in [0.2, 0.25) is 0 Å². The Bertz CT molecular complexity index is 525. The van der Waals surface area contributed by atoms with Crippen LogP contribution in [0.3, 0.4) is 0 Å². The van der Waals surface area contributed by atoms with E-state index in [-0.39, 0.29) is 0 Å². The largest absolute Gasteiger partial charge is 0.374 e. The van der Waals surface area contributed by atoms with E-state index in [0.717, 1.165) is 29.9 Å². The lowest BCUT2D eigenvalue weighted by molar-refractivity contribution is 0.137. The molecule has 0 aliphatic carbocycles. The van der Waals surface area contributed by atoms with Gasteiger partial charge in [0.2, 0.25) is 0 Å². The van der Waals surface area contributed by atoms with Gasteiger partial charge in [0.25, 0.3) is 0 Å². The standard InChI is InChI=1S/C17H23N3O/c1-13(2)9-11-19-17(21)14-5-7-15(8-6-14)20-16-4-3-10-18-12-16/h3-8,10,12-13,17,19-21H,9,11H2,1-2H3. The molecule has 4 heteroatoms. The van der Waals surface area contributed by atoms with E-state index in [2.05, 4.69) is 29.5 Å². The Morgan fingerprint density at radius 1 is 1.10 bits per heavy atom. The molecule has 2 aromatic rings. The highest BCUT2D eigenvalue weighted by Gasteiger charge is 2.06. The van der Waals surface area contributed by atoms with E-state index in [0.29, 0.717) is 5.92 Å². The Morgan fingerprint density at radius 2 is 1.86 bits per heavy atom. The summed E-state index contributed by atoms with van der Waals surface area (Å²) in [7, 11) is 0. The lowest BCUT2D eigenvalue weighted by atomic mass is 10.1. The Balaban J connectivity index is 1.89. The molecular formula is C17H23N3O. The number of pyridine rings is 1. The van der Waals surface area contributed by atoms with Crippen LogP contribution in [0, 0.1) is 5.92 Å². The van der Waals surface area contributed by atoms with Crippen LogP contribution >= 0.6 is 0 Å². The van der Waals surface area contributed by atoms with Gasteiger partial charge in [0.15, 0.2) is 0 Å². The summed E-state index contributed by atoms with van der Waals surface area (Å²) in [5.74, 6) is 0.635. The highest BCUT2D eigenvalue weighted by Crippen LogP contribution is 2.18. The van der Waals surface area contributed by atoms with Gasteiger partial charge in [0.1, 0.15) is 6.23 Å². The van der Waals surface area contributed by atoms with Crippen LogP contribution in [0.5, 0.6) is 0 Å². The van der Waals surface area contributed by atoms with E-state index < -0.39 is 6.23 Å². The van der Waals surface area contributed by atoms with Gasteiger partial charge in [-0.1, -0.05) is 26.0 Å². The monoisotopic (exact) mass is 285 g/mol. The van der Waals surface area contributed by atoms with E-state index in [1.54, 1.807) is 12.4 Å². The fourth-order valence-electron chi connectivity index (χ4n) is 1.98. The summed E-state index contributed by atoms with van der Waals surface area (Å²) in [5, 5.41) is 16.5. The Morgan fingerprint density at radius 3 is 2.48 bits per heavy atom. The van der Waals surface area contributed by atoms with Gasteiger partial charge in [0.05, 0.1) is 11.9 Å². The van der Waals surface area contributed by atoms with E-state index in [1.807, 2.05) is 36.4 Å². The van der Waals surface area contributed by atoms with Gasteiger partial charge in [-0.3, -0.25) is 10.3 Å². The maximum absolute atomic E-state index is 10.1. The Kier molecular flexibility index (Phi) is 5.72. The third kappa shape index (κ3) is 5.17. The molecule has 0 radical (unpaired) electrons. The molecular weight excluding hydrogens is 262 g/mol. The zero-order valence-electron chi connectivity index (χ0n) is 12.6. The second-order valence-corrected chi connectivity index (χ2v) is 5.53. The molecule has 0 saturated heterocycles. The maximum Gasteiger partial charge on any atom is 0.131 e. The van der Waals surface area contributed by atoms with Crippen molar-refractivity contribution in [1.29, 1.82) is 0 Å². The van der Waals surface area contributed by atoms with Gasteiger partial charge in [0, 0.05) is 11.9 Å². The van der Waals surface area contributed by atoms with Crippen LogP contribution in [0.4, 0.5) is 11.4 Å². The van der Waals surface area contributed by atoms with Crippen molar-refractivity contribution in [3.05, 3.63) is 54.4 Å². The van der Waals surface area contributed by atoms with E-state index >= 15 is 0 Å². The number of hydrogen-bond donors (Lipinski definition) is 3. The lowest BCUT2D eigenvalue weighted by Gasteiger charge is -2.15. The summed E-state index contributed by atoms with van der Waals surface area (Å²) < 4.78 is 0. The normalized spacial score (nSPS) is 12.4. The SMILES string of the molecule is CC(C)CCNC(O)c1ccc(Nc2cccnc2)cc1. The van der Waals surface area contributed by atoms with Gasteiger partial charge < -0.3 is 10.4 Å². The van der Waals surface area contributed by atoms with Gasteiger partial charge in [-0.25, -0.2) is 0 Å². The fourth-order valence-corrected chi connectivity index (χ4v) is 1.98. The van der Waals surface area contributed by atoms with Gasteiger partial charge in [-0.05, 0) is 48.7 Å². The number of nitrogens with zero attached hydrogens (tertiary/aromatic N) is 1. The minimum atomic E-state index is -0.615. The number of aliphatic hydroxyl groups is 1. The van der Waals surface area contributed by atoms with Gasteiger partial charge in [-0.2, -0.15) is 0 Å². The number of benzene rings is 1. The van der Waals surface area contributed by atoms with Crippen molar-refractivity contribution >= 4 is 11.4 Å². The molecule has 2 rings (SSSR count). The Labute approximate surface area is 126 Å². The number of rotatable bonds is 7. The first kappa shape index (κ1) is 15.5. The van der Waals surface area contributed by atoms with Crippen LogP contribution in [0.25, 0.3) is 0 Å². The molecule has 0 aliphatic rings.